The summed E-state index contributed by atoms with van der Waals surface area (Å²) in [6.07, 6.45) is 0. The summed E-state index contributed by atoms with van der Waals surface area (Å²) in [4.78, 5) is 13.7. The Balaban J connectivity index is 1.88. The van der Waals surface area contributed by atoms with Gasteiger partial charge in [-0.15, -0.1) is 11.8 Å². The van der Waals surface area contributed by atoms with Crippen LogP contribution in [0.15, 0.2) is 30.3 Å². The number of benzene rings is 1. The van der Waals surface area contributed by atoms with Crippen LogP contribution in [0.3, 0.4) is 0 Å². The quantitative estimate of drug-likeness (QED) is 0.793. The summed E-state index contributed by atoms with van der Waals surface area (Å²) in [6, 6.07) is 10.7. The largest absolute Gasteiger partial charge is 0.327 e. The number of amides is 1. The fourth-order valence-corrected chi connectivity index (χ4v) is 3.71. The van der Waals surface area contributed by atoms with Crippen molar-refractivity contribution in [2.24, 2.45) is 0 Å². The number of fused-ring (bicyclic) bond motifs is 1. The lowest BCUT2D eigenvalue weighted by molar-refractivity contribution is -0.129. The number of thioether (sulfide) groups is 1. The van der Waals surface area contributed by atoms with Crippen molar-refractivity contribution < 1.29 is 4.79 Å². The third-order valence-electron chi connectivity index (χ3n) is 3.17. The Morgan fingerprint density at radius 2 is 2.12 bits per heavy atom. The molecule has 0 radical (unpaired) electrons. The molecule has 0 unspecified atom stereocenters. The molecule has 3 rings (SSSR count). The van der Waals surface area contributed by atoms with Crippen LogP contribution in [-0.4, -0.2) is 35.0 Å². The fourth-order valence-electron chi connectivity index (χ4n) is 2.38. The predicted octanol–water partition coefficient (Wildman–Crippen LogP) is 1.23. The van der Waals surface area contributed by atoms with E-state index in [4.69, 9.17) is 0 Å². The van der Waals surface area contributed by atoms with E-state index < -0.39 is 0 Å². The normalized spacial score (nSPS) is 29.2. The van der Waals surface area contributed by atoms with Crippen molar-refractivity contribution in [3.63, 3.8) is 0 Å². The molecule has 1 amide bonds. The van der Waals surface area contributed by atoms with E-state index in [0.717, 1.165) is 13.1 Å². The highest BCUT2D eigenvalue weighted by Crippen LogP contribution is 2.36. The zero-order valence-electron chi connectivity index (χ0n) is 8.93. The standard InChI is InChI=1S/C12H14N2OS/c15-10-8-16-12-11(13-6-7-14(10)12)9-4-2-1-3-5-9/h1-5,11-13H,6-8H2/t11-,12-/m1/s1. The molecule has 0 spiro atoms. The first-order valence-electron chi connectivity index (χ1n) is 5.56. The molecule has 2 aliphatic heterocycles. The monoisotopic (exact) mass is 234 g/mol. The fraction of sp³-hybridized carbons (Fsp3) is 0.417. The van der Waals surface area contributed by atoms with Gasteiger partial charge in [0, 0.05) is 13.1 Å². The van der Waals surface area contributed by atoms with Gasteiger partial charge in [-0.3, -0.25) is 4.79 Å². The summed E-state index contributed by atoms with van der Waals surface area (Å²) in [5, 5.41) is 3.79. The summed E-state index contributed by atoms with van der Waals surface area (Å²) >= 11 is 1.75. The molecule has 84 valence electrons. The molecule has 2 heterocycles. The third kappa shape index (κ3) is 1.62. The van der Waals surface area contributed by atoms with Crippen molar-refractivity contribution in [1.29, 1.82) is 0 Å². The summed E-state index contributed by atoms with van der Waals surface area (Å²) < 4.78 is 0. The highest BCUT2D eigenvalue weighted by atomic mass is 32.2. The van der Waals surface area contributed by atoms with Crippen molar-refractivity contribution in [1.82, 2.24) is 10.2 Å². The second-order valence-corrected chi connectivity index (χ2v) is 5.24. The van der Waals surface area contributed by atoms with E-state index in [1.807, 2.05) is 11.0 Å². The SMILES string of the molecule is O=C1CS[C@@H]2[C@@H](c3ccccc3)NCCN12. The molecule has 2 atom stereocenters. The van der Waals surface area contributed by atoms with Gasteiger partial charge in [-0.05, 0) is 5.56 Å². The van der Waals surface area contributed by atoms with Crippen molar-refractivity contribution in [3.05, 3.63) is 35.9 Å². The molecule has 4 heteroatoms. The van der Waals surface area contributed by atoms with Crippen molar-refractivity contribution in [2.45, 2.75) is 11.4 Å². The van der Waals surface area contributed by atoms with Crippen LogP contribution < -0.4 is 5.32 Å². The second-order valence-electron chi connectivity index (χ2n) is 4.13. The van der Waals surface area contributed by atoms with Crippen molar-refractivity contribution in [2.75, 3.05) is 18.8 Å². The second kappa shape index (κ2) is 4.11. The molecule has 1 N–H and O–H groups in total. The Hall–Kier alpha value is -1.00. The van der Waals surface area contributed by atoms with Gasteiger partial charge in [0.05, 0.1) is 17.2 Å². The van der Waals surface area contributed by atoms with E-state index in [-0.39, 0.29) is 17.3 Å². The number of nitrogens with zero attached hydrogens (tertiary/aromatic N) is 1. The van der Waals surface area contributed by atoms with Crippen LogP contribution in [0.5, 0.6) is 0 Å². The lowest BCUT2D eigenvalue weighted by Gasteiger charge is -2.37. The zero-order chi connectivity index (χ0) is 11.0. The minimum absolute atomic E-state index is 0.281. The Bertz CT molecular complexity index is 395. The van der Waals surface area contributed by atoms with Crippen molar-refractivity contribution in [3.8, 4) is 0 Å². The Labute approximate surface area is 99.2 Å². The van der Waals surface area contributed by atoms with E-state index in [1.54, 1.807) is 11.8 Å². The number of hydrogen-bond acceptors (Lipinski definition) is 3. The minimum atomic E-state index is 0.281. The first kappa shape index (κ1) is 10.2. The van der Waals surface area contributed by atoms with Gasteiger partial charge in [0.1, 0.15) is 0 Å². The molecule has 2 saturated heterocycles. The number of piperazine rings is 1. The summed E-state index contributed by atoms with van der Waals surface area (Å²) in [5.41, 5.74) is 1.28. The minimum Gasteiger partial charge on any atom is -0.327 e. The van der Waals surface area contributed by atoms with Gasteiger partial charge in [-0.25, -0.2) is 0 Å². The topological polar surface area (TPSA) is 32.3 Å². The van der Waals surface area contributed by atoms with E-state index in [9.17, 15) is 4.79 Å². The molecule has 1 aromatic rings. The van der Waals surface area contributed by atoms with Gasteiger partial charge < -0.3 is 10.2 Å². The van der Waals surface area contributed by atoms with Gasteiger partial charge in [0.25, 0.3) is 0 Å². The summed E-state index contributed by atoms with van der Waals surface area (Å²) in [5.74, 6) is 0.924. The first-order valence-corrected chi connectivity index (χ1v) is 6.60. The number of carbonyl (C=O) groups excluding carboxylic acids is 1. The molecule has 2 aliphatic rings. The summed E-state index contributed by atoms with van der Waals surface area (Å²) in [7, 11) is 0. The van der Waals surface area contributed by atoms with Crippen LogP contribution in [0, 0.1) is 0 Å². The smallest absolute Gasteiger partial charge is 0.233 e. The van der Waals surface area contributed by atoms with Crippen LogP contribution in [0.1, 0.15) is 11.6 Å². The number of carbonyl (C=O) groups is 1. The highest BCUT2D eigenvalue weighted by molar-refractivity contribution is 8.01. The molecule has 0 saturated carbocycles. The van der Waals surface area contributed by atoms with E-state index >= 15 is 0 Å². The molecule has 0 aliphatic carbocycles. The van der Waals surface area contributed by atoms with Gasteiger partial charge in [0.2, 0.25) is 5.91 Å². The number of nitrogens with one attached hydrogen (secondary N) is 1. The molecule has 0 bridgehead atoms. The molecule has 3 nitrogen and oxygen atoms in total. The third-order valence-corrected chi connectivity index (χ3v) is 4.45. The molecular weight excluding hydrogens is 220 g/mol. The summed E-state index contributed by atoms with van der Waals surface area (Å²) in [6.45, 7) is 1.74. The van der Waals surface area contributed by atoms with Crippen molar-refractivity contribution >= 4 is 17.7 Å². The molecule has 0 aromatic heterocycles. The average molecular weight is 234 g/mol. The maximum Gasteiger partial charge on any atom is 0.233 e. The van der Waals surface area contributed by atoms with E-state index in [2.05, 4.69) is 29.6 Å². The predicted molar refractivity (Wildman–Crippen MR) is 65.1 cm³/mol. The van der Waals surface area contributed by atoms with E-state index in [0.29, 0.717) is 5.75 Å². The zero-order valence-corrected chi connectivity index (χ0v) is 9.74. The Kier molecular flexibility index (Phi) is 2.61. The number of hydrogen-bond donors (Lipinski definition) is 1. The van der Waals surface area contributed by atoms with Crippen LogP contribution in [0.4, 0.5) is 0 Å². The highest BCUT2D eigenvalue weighted by Gasteiger charge is 2.39. The lowest BCUT2D eigenvalue weighted by Crippen LogP contribution is -2.50. The number of rotatable bonds is 1. The van der Waals surface area contributed by atoms with Crippen LogP contribution in [-0.2, 0) is 4.79 Å². The van der Waals surface area contributed by atoms with Crippen LogP contribution in [0.25, 0.3) is 0 Å². The maximum absolute atomic E-state index is 11.7. The lowest BCUT2D eigenvalue weighted by atomic mass is 10.0. The van der Waals surface area contributed by atoms with Gasteiger partial charge >= 0.3 is 0 Å². The maximum atomic E-state index is 11.7. The van der Waals surface area contributed by atoms with Crippen LogP contribution >= 0.6 is 11.8 Å². The van der Waals surface area contributed by atoms with Crippen LogP contribution in [0.2, 0.25) is 0 Å². The first-order chi connectivity index (χ1) is 7.86. The Morgan fingerprint density at radius 3 is 2.94 bits per heavy atom. The Morgan fingerprint density at radius 1 is 1.31 bits per heavy atom. The molecular formula is C12H14N2OS. The van der Waals surface area contributed by atoms with Gasteiger partial charge in [0.15, 0.2) is 0 Å². The average Bonchev–Trinajstić information content (AvgIpc) is 2.73. The molecule has 1 aromatic carbocycles. The van der Waals surface area contributed by atoms with E-state index in [1.165, 1.54) is 5.56 Å². The van der Waals surface area contributed by atoms with Gasteiger partial charge in [-0.1, -0.05) is 30.3 Å². The molecule has 2 fully saturated rings. The molecule has 16 heavy (non-hydrogen) atoms. The van der Waals surface area contributed by atoms with Gasteiger partial charge in [-0.2, -0.15) is 0 Å².